The number of ether oxygens (including phenoxy) is 1. The maximum atomic E-state index is 13.1. The Kier molecular flexibility index (Phi) is 5.16. The summed E-state index contributed by atoms with van der Waals surface area (Å²) in [5.74, 6) is 1.19. The van der Waals surface area contributed by atoms with Crippen LogP contribution in [-0.2, 0) is 29.9 Å². The Morgan fingerprint density at radius 2 is 2.32 bits per heavy atom. The standard InChI is InChI=1S/C20H20N2O4S2/c1-4-8-22-18(23)16-13-6-5-7-15(13)28-17(16)21-20(22)27-10-12-9-14(11(2)26-12)19(24)25-3/h4,9H,1,5-8,10H2,2-3H3. The second-order valence-corrected chi connectivity index (χ2v) is 8.63. The van der Waals surface area contributed by atoms with Gasteiger partial charge in [-0.05, 0) is 37.8 Å². The van der Waals surface area contributed by atoms with Gasteiger partial charge in [0, 0.05) is 11.4 Å². The molecule has 0 amide bonds. The van der Waals surface area contributed by atoms with E-state index in [-0.39, 0.29) is 5.56 Å². The highest BCUT2D eigenvalue weighted by molar-refractivity contribution is 7.98. The Morgan fingerprint density at radius 3 is 3.07 bits per heavy atom. The molecule has 6 nitrogen and oxygen atoms in total. The van der Waals surface area contributed by atoms with Crippen molar-refractivity contribution in [3.8, 4) is 0 Å². The van der Waals surface area contributed by atoms with Crippen LogP contribution in [0.25, 0.3) is 10.2 Å². The van der Waals surface area contributed by atoms with Crippen molar-refractivity contribution in [2.45, 2.75) is 43.6 Å². The Morgan fingerprint density at radius 1 is 1.50 bits per heavy atom. The smallest absolute Gasteiger partial charge is 0.341 e. The molecule has 4 rings (SSSR count). The zero-order chi connectivity index (χ0) is 19.8. The van der Waals surface area contributed by atoms with Crippen molar-refractivity contribution in [1.29, 1.82) is 0 Å². The second-order valence-electron chi connectivity index (χ2n) is 6.60. The monoisotopic (exact) mass is 416 g/mol. The highest BCUT2D eigenvalue weighted by Gasteiger charge is 2.23. The van der Waals surface area contributed by atoms with Crippen molar-refractivity contribution in [3.05, 3.63) is 56.6 Å². The molecule has 0 saturated carbocycles. The van der Waals surface area contributed by atoms with Crippen LogP contribution in [0.3, 0.4) is 0 Å². The van der Waals surface area contributed by atoms with Gasteiger partial charge in [0.05, 0.1) is 18.2 Å². The molecule has 0 radical (unpaired) electrons. The largest absolute Gasteiger partial charge is 0.465 e. The van der Waals surface area contributed by atoms with E-state index in [2.05, 4.69) is 6.58 Å². The Balaban J connectivity index is 1.69. The van der Waals surface area contributed by atoms with E-state index in [1.807, 2.05) is 0 Å². The van der Waals surface area contributed by atoms with Crippen LogP contribution in [0.4, 0.5) is 0 Å². The number of carbonyl (C=O) groups is 1. The summed E-state index contributed by atoms with van der Waals surface area (Å²) >= 11 is 3.04. The lowest BCUT2D eigenvalue weighted by Gasteiger charge is -2.10. The first kappa shape index (κ1) is 19.0. The lowest BCUT2D eigenvalue weighted by molar-refractivity contribution is 0.0599. The molecule has 0 bridgehead atoms. The third kappa shape index (κ3) is 3.20. The van der Waals surface area contributed by atoms with Crippen LogP contribution in [0.5, 0.6) is 0 Å². The third-order valence-corrected chi connectivity index (χ3v) is 7.00. The zero-order valence-electron chi connectivity index (χ0n) is 15.7. The van der Waals surface area contributed by atoms with Crippen LogP contribution in [0.2, 0.25) is 0 Å². The van der Waals surface area contributed by atoms with E-state index < -0.39 is 5.97 Å². The highest BCUT2D eigenvalue weighted by atomic mass is 32.2. The number of thiophene rings is 1. The van der Waals surface area contributed by atoms with Gasteiger partial charge in [0.1, 0.15) is 21.9 Å². The van der Waals surface area contributed by atoms with E-state index in [0.29, 0.717) is 34.5 Å². The first-order valence-electron chi connectivity index (χ1n) is 9.00. The molecule has 0 atom stereocenters. The number of hydrogen-bond acceptors (Lipinski definition) is 7. The molecule has 0 spiro atoms. The van der Waals surface area contributed by atoms with Gasteiger partial charge >= 0.3 is 5.97 Å². The number of thioether (sulfide) groups is 1. The number of rotatable bonds is 6. The average Bonchev–Trinajstić information content (AvgIpc) is 3.36. The molecule has 146 valence electrons. The van der Waals surface area contributed by atoms with Gasteiger partial charge in [-0.2, -0.15) is 0 Å². The van der Waals surface area contributed by atoms with Gasteiger partial charge in [-0.1, -0.05) is 17.8 Å². The molecule has 3 heterocycles. The zero-order valence-corrected chi connectivity index (χ0v) is 17.4. The molecule has 0 fully saturated rings. The van der Waals surface area contributed by atoms with Crippen molar-refractivity contribution in [1.82, 2.24) is 9.55 Å². The molecule has 3 aromatic rings. The third-order valence-electron chi connectivity index (χ3n) is 4.82. The second kappa shape index (κ2) is 7.60. The van der Waals surface area contributed by atoms with Gasteiger partial charge in [0.2, 0.25) is 0 Å². The minimum atomic E-state index is -0.422. The maximum absolute atomic E-state index is 13.1. The van der Waals surface area contributed by atoms with E-state index in [4.69, 9.17) is 14.1 Å². The van der Waals surface area contributed by atoms with E-state index >= 15 is 0 Å². The summed E-state index contributed by atoms with van der Waals surface area (Å²) in [5.41, 5.74) is 1.59. The number of aromatic nitrogens is 2. The number of furan rings is 1. The van der Waals surface area contributed by atoms with Gasteiger partial charge in [0.15, 0.2) is 5.16 Å². The number of esters is 1. The maximum Gasteiger partial charge on any atom is 0.341 e. The first-order valence-corrected chi connectivity index (χ1v) is 10.8. The number of allylic oxidation sites excluding steroid dienone is 1. The van der Waals surface area contributed by atoms with Gasteiger partial charge < -0.3 is 9.15 Å². The van der Waals surface area contributed by atoms with Crippen molar-refractivity contribution in [3.63, 3.8) is 0 Å². The average molecular weight is 417 g/mol. The van der Waals surface area contributed by atoms with Gasteiger partial charge in [-0.3, -0.25) is 9.36 Å². The van der Waals surface area contributed by atoms with Gasteiger partial charge in [-0.15, -0.1) is 17.9 Å². The predicted molar refractivity (Wildman–Crippen MR) is 110 cm³/mol. The number of fused-ring (bicyclic) bond motifs is 3. The predicted octanol–water partition coefficient (Wildman–Crippen LogP) is 4.11. The minimum Gasteiger partial charge on any atom is -0.465 e. The summed E-state index contributed by atoms with van der Waals surface area (Å²) < 4.78 is 12.1. The molecule has 0 N–H and O–H groups in total. The number of aryl methyl sites for hydroxylation is 3. The molecule has 28 heavy (non-hydrogen) atoms. The summed E-state index contributed by atoms with van der Waals surface area (Å²) in [6.45, 7) is 5.91. The minimum absolute atomic E-state index is 0.00215. The van der Waals surface area contributed by atoms with Gasteiger partial charge in [-0.25, -0.2) is 9.78 Å². The van der Waals surface area contributed by atoms with E-state index in [0.717, 1.165) is 29.5 Å². The van der Waals surface area contributed by atoms with Crippen LogP contribution >= 0.6 is 23.1 Å². The number of methoxy groups -OCH3 is 1. The number of nitrogens with zero attached hydrogens (tertiary/aromatic N) is 2. The topological polar surface area (TPSA) is 74.3 Å². The van der Waals surface area contributed by atoms with Gasteiger partial charge in [0.25, 0.3) is 5.56 Å². The molecule has 0 aromatic carbocycles. The summed E-state index contributed by atoms with van der Waals surface area (Å²) in [5, 5.41) is 1.40. The van der Waals surface area contributed by atoms with Crippen LogP contribution in [0, 0.1) is 6.92 Å². The fourth-order valence-corrected chi connectivity index (χ4v) is 5.71. The molecule has 0 saturated heterocycles. The fourth-order valence-electron chi connectivity index (χ4n) is 3.52. The van der Waals surface area contributed by atoms with Crippen molar-refractivity contribution < 1.29 is 13.9 Å². The van der Waals surface area contributed by atoms with Crippen LogP contribution in [0.15, 0.2) is 33.1 Å². The highest BCUT2D eigenvalue weighted by Crippen LogP contribution is 2.36. The Labute approximate surface area is 170 Å². The van der Waals surface area contributed by atoms with E-state index in [1.54, 1.807) is 35.0 Å². The first-order chi connectivity index (χ1) is 13.5. The summed E-state index contributed by atoms with van der Waals surface area (Å²) in [4.78, 5) is 31.8. The Bertz CT molecular complexity index is 1140. The normalized spacial score (nSPS) is 13.1. The summed E-state index contributed by atoms with van der Waals surface area (Å²) in [6, 6.07) is 1.68. The molecule has 0 unspecified atom stereocenters. The number of hydrogen-bond donors (Lipinski definition) is 0. The van der Waals surface area contributed by atoms with E-state index in [1.165, 1.54) is 29.3 Å². The molecule has 3 aromatic heterocycles. The SMILES string of the molecule is C=CCn1c(SCc2cc(C(=O)OC)c(C)o2)nc2sc3c(c2c1=O)CCC3. The molecular weight excluding hydrogens is 396 g/mol. The molecule has 8 heteroatoms. The summed E-state index contributed by atoms with van der Waals surface area (Å²) in [7, 11) is 1.34. The van der Waals surface area contributed by atoms with Crippen LogP contribution in [-0.4, -0.2) is 22.6 Å². The fraction of sp³-hybridized carbons (Fsp3) is 0.350. The number of carbonyl (C=O) groups excluding carboxylic acids is 1. The van der Waals surface area contributed by atoms with Crippen LogP contribution < -0.4 is 5.56 Å². The lowest BCUT2D eigenvalue weighted by atomic mass is 10.2. The Hall–Kier alpha value is -2.32. The van der Waals surface area contributed by atoms with Crippen molar-refractivity contribution >= 4 is 39.3 Å². The molecule has 0 aliphatic heterocycles. The molecular formula is C20H20N2O4S2. The molecule has 1 aliphatic rings. The lowest BCUT2D eigenvalue weighted by Crippen LogP contribution is -2.22. The quantitative estimate of drug-likeness (QED) is 0.261. The van der Waals surface area contributed by atoms with Crippen molar-refractivity contribution in [2.75, 3.05) is 7.11 Å². The molecule has 1 aliphatic carbocycles. The van der Waals surface area contributed by atoms with Crippen LogP contribution in [0.1, 0.15) is 38.7 Å². The van der Waals surface area contributed by atoms with E-state index in [9.17, 15) is 9.59 Å². The summed E-state index contributed by atoms with van der Waals surface area (Å²) in [6.07, 6.45) is 4.80. The van der Waals surface area contributed by atoms with Crippen molar-refractivity contribution in [2.24, 2.45) is 0 Å².